The normalized spacial score (nSPS) is 11.3. The fourth-order valence-corrected chi connectivity index (χ4v) is 2.44. The van der Waals surface area contributed by atoms with Crippen molar-refractivity contribution in [2.45, 2.75) is 26.7 Å². The molecule has 0 unspecified atom stereocenters. The molecule has 0 atom stereocenters. The zero-order valence-corrected chi connectivity index (χ0v) is 12.0. The lowest BCUT2D eigenvalue weighted by Crippen LogP contribution is -2.33. The highest BCUT2D eigenvalue weighted by molar-refractivity contribution is 7.12. The van der Waals surface area contributed by atoms with E-state index in [9.17, 15) is 4.79 Å². The molecule has 4 nitrogen and oxygen atoms in total. The van der Waals surface area contributed by atoms with Gasteiger partial charge in [0.05, 0.1) is 7.11 Å². The number of amides is 1. The maximum absolute atomic E-state index is 12.0. The van der Waals surface area contributed by atoms with Crippen molar-refractivity contribution in [3.8, 4) is 5.75 Å². The summed E-state index contributed by atoms with van der Waals surface area (Å²) in [5.41, 5.74) is -0.0110. The molecule has 1 rings (SSSR count). The van der Waals surface area contributed by atoms with Crippen molar-refractivity contribution >= 4 is 17.2 Å². The number of aliphatic hydroxyl groups is 1. The molecule has 1 amide bonds. The molecule has 0 aromatic carbocycles. The maximum Gasteiger partial charge on any atom is 0.265 e. The number of aliphatic hydroxyl groups excluding tert-OH is 1. The first kappa shape index (κ1) is 15.0. The molecule has 0 saturated heterocycles. The van der Waals surface area contributed by atoms with Crippen LogP contribution in [-0.4, -0.2) is 31.3 Å². The van der Waals surface area contributed by atoms with Gasteiger partial charge in [0.1, 0.15) is 10.6 Å². The first-order chi connectivity index (χ1) is 8.50. The first-order valence-electron chi connectivity index (χ1n) is 6.01. The third kappa shape index (κ3) is 4.31. The predicted molar refractivity (Wildman–Crippen MR) is 73.3 cm³/mol. The van der Waals surface area contributed by atoms with E-state index >= 15 is 0 Å². The van der Waals surface area contributed by atoms with E-state index in [2.05, 4.69) is 19.2 Å². The number of rotatable bonds is 7. The van der Waals surface area contributed by atoms with Gasteiger partial charge in [-0.2, -0.15) is 0 Å². The van der Waals surface area contributed by atoms with Crippen LogP contribution < -0.4 is 10.1 Å². The van der Waals surface area contributed by atoms with Crippen molar-refractivity contribution in [1.29, 1.82) is 0 Å². The van der Waals surface area contributed by atoms with Crippen molar-refractivity contribution in [2.75, 3.05) is 20.3 Å². The summed E-state index contributed by atoms with van der Waals surface area (Å²) in [5.74, 6) is 0.518. The summed E-state index contributed by atoms with van der Waals surface area (Å²) in [5, 5.41) is 13.6. The number of methoxy groups -OCH3 is 1. The Morgan fingerprint density at radius 1 is 1.56 bits per heavy atom. The number of carbonyl (C=O) groups excluding carboxylic acids is 1. The number of carbonyl (C=O) groups is 1. The Bertz CT molecular complexity index is 387. The molecule has 1 aromatic heterocycles. The summed E-state index contributed by atoms with van der Waals surface area (Å²) in [6.07, 6.45) is 1.64. The quantitative estimate of drug-likeness (QED) is 0.800. The number of nitrogens with one attached hydrogen (secondary N) is 1. The molecule has 0 saturated carbocycles. The molecule has 2 N–H and O–H groups in total. The van der Waals surface area contributed by atoms with Crippen molar-refractivity contribution < 1.29 is 14.6 Å². The second-order valence-corrected chi connectivity index (χ2v) is 5.91. The molecular formula is C13H21NO3S. The van der Waals surface area contributed by atoms with Crippen LogP contribution in [0.25, 0.3) is 0 Å². The molecule has 1 aromatic rings. The van der Waals surface area contributed by atoms with Gasteiger partial charge in [0, 0.05) is 13.2 Å². The molecule has 0 fully saturated rings. The van der Waals surface area contributed by atoms with Crippen LogP contribution in [0.3, 0.4) is 0 Å². The van der Waals surface area contributed by atoms with Crippen molar-refractivity contribution in [1.82, 2.24) is 5.32 Å². The minimum atomic E-state index is -0.0982. The van der Waals surface area contributed by atoms with E-state index in [-0.39, 0.29) is 17.9 Å². The number of hydrogen-bond donors (Lipinski definition) is 2. The average molecular weight is 271 g/mol. The zero-order valence-electron chi connectivity index (χ0n) is 11.2. The molecule has 18 heavy (non-hydrogen) atoms. The maximum atomic E-state index is 12.0. The van der Waals surface area contributed by atoms with Gasteiger partial charge in [-0.15, -0.1) is 11.3 Å². The van der Waals surface area contributed by atoms with Gasteiger partial charge >= 0.3 is 0 Å². The van der Waals surface area contributed by atoms with Gasteiger partial charge in [0.25, 0.3) is 5.91 Å². The van der Waals surface area contributed by atoms with Crippen LogP contribution in [0.1, 0.15) is 36.4 Å². The van der Waals surface area contributed by atoms with E-state index in [1.165, 1.54) is 11.3 Å². The summed E-state index contributed by atoms with van der Waals surface area (Å²) < 4.78 is 5.12. The van der Waals surface area contributed by atoms with Gasteiger partial charge in [-0.05, 0) is 29.7 Å². The fraction of sp³-hybridized carbons (Fsp3) is 0.615. The highest BCUT2D eigenvalue weighted by Gasteiger charge is 2.20. The fourth-order valence-electron chi connectivity index (χ4n) is 1.67. The lowest BCUT2D eigenvalue weighted by atomic mass is 9.88. The first-order valence-corrected chi connectivity index (χ1v) is 6.88. The summed E-state index contributed by atoms with van der Waals surface area (Å²) in [7, 11) is 1.56. The van der Waals surface area contributed by atoms with Gasteiger partial charge < -0.3 is 15.2 Å². The van der Waals surface area contributed by atoms with Gasteiger partial charge in [0.2, 0.25) is 0 Å². The Labute approximate surface area is 112 Å². The van der Waals surface area contributed by atoms with Crippen LogP contribution in [-0.2, 0) is 0 Å². The number of thiophene rings is 1. The standard InChI is InChI=1S/C13H21NO3S/c1-13(2,6-4-7-15)9-14-12(16)11-10(17-3)5-8-18-11/h5,8,15H,4,6-7,9H2,1-3H3,(H,14,16). The summed E-state index contributed by atoms with van der Waals surface area (Å²) in [6.45, 7) is 4.94. The van der Waals surface area contributed by atoms with Crippen LogP contribution >= 0.6 is 11.3 Å². The van der Waals surface area contributed by atoms with Gasteiger partial charge in [-0.25, -0.2) is 0 Å². The van der Waals surface area contributed by atoms with Crippen LogP contribution in [0.5, 0.6) is 5.75 Å². The van der Waals surface area contributed by atoms with Crippen LogP contribution in [0.4, 0.5) is 0 Å². The third-order valence-corrected chi connectivity index (χ3v) is 3.69. The monoisotopic (exact) mass is 271 g/mol. The topological polar surface area (TPSA) is 58.6 Å². The SMILES string of the molecule is COc1ccsc1C(=O)NCC(C)(C)CCCO. The highest BCUT2D eigenvalue weighted by Crippen LogP contribution is 2.25. The molecule has 0 spiro atoms. The van der Waals surface area contributed by atoms with Crippen molar-refractivity contribution in [3.63, 3.8) is 0 Å². The van der Waals surface area contributed by atoms with Crippen LogP contribution in [0.2, 0.25) is 0 Å². The third-order valence-electron chi connectivity index (χ3n) is 2.79. The molecule has 0 aliphatic heterocycles. The highest BCUT2D eigenvalue weighted by atomic mass is 32.1. The van der Waals surface area contributed by atoms with E-state index in [1.807, 2.05) is 5.38 Å². The molecule has 0 aliphatic rings. The average Bonchev–Trinajstić information content (AvgIpc) is 2.82. The molecule has 102 valence electrons. The van der Waals surface area contributed by atoms with E-state index < -0.39 is 0 Å². The lowest BCUT2D eigenvalue weighted by Gasteiger charge is -2.24. The van der Waals surface area contributed by atoms with E-state index in [0.717, 1.165) is 12.8 Å². The Morgan fingerprint density at radius 3 is 2.89 bits per heavy atom. The van der Waals surface area contributed by atoms with E-state index in [4.69, 9.17) is 9.84 Å². The van der Waals surface area contributed by atoms with E-state index in [0.29, 0.717) is 17.2 Å². The molecule has 0 aliphatic carbocycles. The minimum absolute atomic E-state index is 0.0110. The van der Waals surface area contributed by atoms with Crippen LogP contribution in [0.15, 0.2) is 11.4 Å². The molecule has 0 radical (unpaired) electrons. The van der Waals surface area contributed by atoms with Crippen LogP contribution in [0, 0.1) is 5.41 Å². The molecule has 5 heteroatoms. The summed E-state index contributed by atoms with van der Waals surface area (Å²) in [4.78, 5) is 12.6. The molecule has 0 bridgehead atoms. The lowest BCUT2D eigenvalue weighted by molar-refractivity contribution is 0.0934. The minimum Gasteiger partial charge on any atom is -0.495 e. The largest absolute Gasteiger partial charge is 0.495 e. The summed E-state index contributed by atoms with van der Waals surface area (Å²) in [6, 6.07) is 1.79. The van der Waals surface area contributed by atoms with Crippen molar-refractivity contribution in [2.24, 2.45) is 5.41 Å². The predicted octanol–water partition coefficient (Wildman–Crippen LogP) is 2.29. The summed E-state index contributed by atoms with van der Waals surface area (Å²) >= 11 is 1.37. The zero-order chi connectivity index (χ0) is 13.6. The smallest absolute Gasteiger partial charge is 0.265 e. The second kappa shape index (κ2) is 6.75. The Kier molecular flexibility index (Phi) is 5.62. The Balaban J connectivity index is 2.51. The molecule has 1 heterocycles. The van der Waals surface area contributed by atoms with E-state index in [1.54, 1.807) is 13.2 Å². The Hall–Kier alpha value is -1.07. The molecular weight excluding hydrogens is 250 g/mol. The number of ether oxygens (including phenoxy) is 1. The Morgan fingerprint density at radius 2 is 2.28 bits per heavy atom. The van der Waals surface area contributed by atoms with Crippen molar-refractivity contribution in [3.05, 3.63) is 16.3 Å². The van der Waals surface area contributed by atoms with Gasteiger partial charge in [-0.1, -0.05) is 13.8 Å². The number of hydrogen-bond acceptors (Lipinski definition) is 4. The second-order valence-electron chi connectivity index (χ2n) is 4.99. The van der Waals surface area contributed by atoms with Gasteiger partial charge in [-0.3, -0.25) is 4.79 Å². The van der Waals surface area contributed by atoms with Gasteiger partial charge in [0.15, 0.2) is 0 Å².